The van der Waals surface area contributed by atoms with Crippen molar-refractivity contribution in [2.75, 3.05) is 30.3 Å². The van der Waals surface area contributed by atoms with Crippen molar-refractivity contribution < 1.29 is 32.4 Å². The molecule has 2 saturated heterocycles. The van der Waals surface area contributed by atoms with Crippen LogP contribution in [-0.2, 0) is 29.0 Å². The molecule has 3 fully saturated rings. The predicted molar refractivity (Wildman–Crippen MR) is 206 cm³/mol. The summed E-state index contributed by atoms with van der Waals surface area (Å²) in [5.74, 6) is -0.924. The van der Waals surface area contributed by atoms with E-state index in [1.807, 2.05) is 27.7 Å². The van der Waals surface area contributed by atoms with Crippen molar-refractivity contribution in [3.8, 4) is 0 Å². The second kappa shape index (κ2) is 17.7. The molecule has 0 radical (unpaired) electrons. The number of likely N-dealkylation sites (tertiary alicyclic amines) is 1. The van der Waals surface area contributed by atoms with Gasteiger partial charge in [-0.3, -0.25) is 19.2 Å². The Kier molecular flexibility index (Phi) is 15.0. The topological polar surface area (TPSA) is 171 Å². The summed E-state index contributed by atoms with van der Waals surface area (Å²) in [6.45, 7) is 16.4. The van der Waals surface area contributed by atoms with Gasteiger partial charge in [0, 0.05) is 19.5 Å². The van der Waals surface area contributed by atoms with Gasteiger partial charge in [-0.05, 0) is 63.4 Å². The van der Waals surface area contributed by atoms with Gasteiger partial charge in [-0.1, -0.05) is 65.9 Å². The van der Waals surface area contributed by atoms with E-state index < -0.39 is 77.3 Å². The van der Waals surface area contributed by atoms with E-state index in [-0.39, 0.29) is 25.3 Å². The molecule has 1 spiro atoms. The molecule has 51 heavy (non-hydrogen) atoms. The highest BCUT2D eigenvalue weighted by Gasteiger charge is 2.53. The molecule has 3 rings (SSSR count). The molecule has 290 valence electrons. The van der Waals surface area contributed by atoms with Gasteiger partial charge in [0.1, 0.15) is 12.1 Å². The molecule has 5 amide bonds. The van der Waals surface area contributed by atoms with Crippen LogP contribution in [0.15, 0.2) is 12.7 Å². The van der Waals surface area contributed by atoms with E-state index in [0.717, 1.165) is 43.6 Å². The average molecular weight is 772 g/mol. The molecule has 1 aliphatic carbocycles. The molecule has 0 unspecified atom stereocenters. The first-order chi connectivity index (χ1) is 23.7. The van der Waals surface area contributed by atoms with Gasteiger partial charge in [0.05, 0.1) is 26.2 Å². The Bertz CT molecular complexity index is 1390. The number of rotatable bonds is 14. The Balaban J connectivity index is 1.91. The molecule has 3 aliphatic rings. The first-order valence-electron chi connectivity index (χ1n) is 18.3. The molecule has 2 heterocycles. The minimum Gasteiger partial charge on any atom is -0.346 e. The SMILES string of the molecule is C=CCNC(=O)C(=O)[C@H](CCCC)NC(=O)[C@@H]1CC2(CN1C(=O)[C@@H](NC(=O)NC1(CS(=O)(=O)C(C)(C)C)CCCCC1)C(C)(C)C)SCCCS2. The first kappa shape index (κ1) is 43.1. The molecule has 0 bridgehead atoms. The fourth-order valence-corrected chi connectivity index (χ4v) is 11.7. The number of urea groups is 1. The van der Waals surface area contributed by atoms with Gasteiger partial charge in [-0.25, -0.2) is 13.2 Å². The average Bonchev–Trinajstić information content (AvgIpc) is 3.41. The molecule has 4 N–H and O–H groups in total. The third-order valence-electron chi connectivity index (χ3n) is 9.98. The maximum atomic E-state index is 14.7. The van der Waals surface area contributed by atoms with Crippen molar-refractivity contribution in [1.29, 1.82) is 0 Å². The van der Waals surface area contributed by atoms with Gasteiger partial charge in [-0.15, -0.1) is 30.1 Å². The van der Waals surface area contributed by atoms with Gasteiger partial charge in [0.2, 0.25) is 17.6 Å². The Morgan fingerprint density at radius 3 is 2.14 bits per heavy atom. The van der Waals surface area contributed by atoms with E-state index in [9.17, 15) is 32.4 Å². The highest BCUT2D eigenvalue weighted by atomic mass is 32.2. The summed E-state index contributed by atoms with van der Waals surface area (Å²) in [5, 5.41) is 11.2. The van der Waals surface area contributed by atoms with Crippen LogP contribution < -0.4 is 21.3 Å². The maximum Gasteiger partial charge on any atom is 0.315 e. The third-order valence-corrected chi connectivity index (χ3v) is 16.1. The number of carbonyl (C=O) groups is 5. The monoisotopic (exact) mass is 771 g/mol. The minimum atomic E-state index is -3.57. The second-order valence-electron chi connectivity index (χ2n) is 16.3. The lowest BCUT2D eigenvalue weighted by Crippen LogP contribution is -2.63. The Morgan fingerprint density at radius 2 is 1.59 bits per heavy atom. The Morgan fingerprint density at radius 1 is 0.961 bits per heavy atom. The van der Waals surface area contributed by atoms with Gasteiger partial charge in [-0.2, -0.15) is 0 Å². The van der Waals surface area contributed by atoms with Crippen molar-refractivity contribution in [3.05, 3.63) is 12.7 Å². The summed E-state index contributed by atoms with van der Waals surface area (Å²) < 4.78 is 25.3. The number of thioether (sulfide) groups is 2. The predicted octanol–water partition coefficient (Wildman–Crippen LogP) is 4.33. The van der Waals surface area contributed by atoms with E-state index in [2.05, 4.69) is 27.8 Å². The summed E-state index contributed by atoms with van der Waals surface area (Å²) in [6, 6.07) is -3.66. The quantitative estimate of drug-likeness (QED) is 0.148. The van der Waals surface area contributed by atoms with E-state index in [0.29, 0.717) is 25.7 Å². The highest BCUT2D eigenvalue weighted by molar-refractivity contribution is 8.18. The van der Waals surface area contributed by atoms with Crippen molar-refractivity contribution in [1.82, 2.24) is 26.2 Å². The zero-order valence-electron chi connectivity index (χ0n) is 31.7. The fraction of sp³-hybridized carbons (Fsp3) is 0.806. The normalized spacial score (nSPS) is 21.6. The van der Waals surface area contributed by atoms with Crippen LogP contribution in [0.3, 0.4) is 0 Å². The molecule has 0 aromatic carbocycles. The maximum absolute atomic E-state index is 14.7. The molecule has 0 aromatic rings. The van der Waals surface area contributed by atoms with Crippen molar-refractivity contribution >= 4 is 62.9 Å². The number of hydrogen-bond acceptors (Lipinski definition) is 9. The zero-order chi connectivity index (χ0) is 38.3. The van der Waals surface area contributed by atoms with Crippen LogP contribution in [0.1, 0.15) is 113 Å². The van der Waals surface area contributed by atoms with Crippen LogP contribution in [0.2, 0.25) is 0 Å². The number of amides is 5. The highest BCUT2D eigenvalue weighted by Crippen LogP contribution is 2.50. The van der Waals surface area contributed by atoms with Crippen LogP contribution >= 0.6 is 23.5 Å². The summed E-state index contributed by atoms with van der Waals surface area (Å²) in [5.41, 5.74) is -1.74. The number of carbonyl (C=O) groups excluding carboxylic acids is 5. The summed E-state index contributed by atoms with van der Waals surface area (Å²) in [6.07, 6.45) is 8.00. The number of sulfone groups is 1. The molecule has 0 aromatic heterocycles. The smallest absolute Gasteiger partial charge is 0.315 e. The van der Waals surface area contributed by atoms with Crippen molar-refractivity contribution in [3.63, 3.8) is 0 Å². The number of nitrogens with one attached hydrogen (secondary N) is 4. The number of Topliss-reactive ketones (excluding diaryl/α,β-unsaturated/α-hetero) is 1. The Labute approximate surface area is 313 Å². The fourth-order valence-electron chi connectivity index (χ4n) is 6.82. The molecular weight excluding hydrogens is 711 g/mol. The van der Waals surface area contributed by atoms with Gasteiger partial charge >= 0.3 is 6.03 Å². The van der Waals surface area contributed by atoms with Gasteiger partial charge < -0.3 is 26.2 Å². The van der Waals surface area contributed by atoms with Crippen LogP contribution in [-0.4, -0.2) is 106 Å². The minimum absolute atomic E-state index is 0.114. The lowest BCUT2D eigenvalue weighted by atomic mass is 9.83. The van der Waals surface area contributed by atoms with Crippen LogP contribution in [0.25, 0.3) is 0 Å². The van der Waals surface area contributed by atoms with Crippen LogP contribution in [0.5, 0.6) is 0 Å². The van der Waals surface area contributed by atoms with Crippen LogP contribution in [0, 0.1) is 5.41 Å². The summed E-state index contributed by atoms with van der Waals surface area (Å²) in [4.78, 5) is 70.0. The molecule has 1 saturated carbocycles. The zero-order valence-corrected chi connectivity index (χ0v) is 34.1. The van der Waals surface area contributed by atoms with E-state index in [1.165, 1.54) is 11.0 Å². The summed E-state index contributed by atoms with van der Waals surface area (Å²) in [7, 11) is -3.57. The molecule has 3 atom stereocenters. The molecule has 2 aliphatic heterocycles. The van der Waals surface area contributed by atoms with Crippen molar-refractivity contribution in [2.45, 2.75) is 145 Å². The largest absolute Gasteiger partial charge is 0.346 e. The summed E-state index contributed by atoms with van der Waals surface area (Å²) >= 11 is 3.45. The van der Waals surface area contributed by atoms with Crippen LogP contribution in [0.4, 0.5) is 4.79 Å². The van der Waals surface area contributed by atoms with E-state index in [1.54, 1.807) is 44.3 Å². The third kappa shape index (κ3) is 11.4. The number of ketones is 1. The standard InChI is InChI=1S/C36H61N5O7S3/c1-9-11-16-25(27(42)30(44)37-19-10-2)38-29(43)26-22-36(49-20-15-21-50-36)23-41(26)31(45)28(33(3,4)5)39-32(46)40-35(17-13-12-14-18-35)24-51(47,48)34(6,7)8/h10,25-26,28H,2,9,11-24H2,1,3-8H3,(H,37,44)(H,38,43)(H2,39,40,46)/t25-,26-,28+/m0/s1. The van der Waals surface area contributed by atoms with E-state index >= 15 is 0 Å². The number of hydrogen-bond donors (Lipinski definition) is 4. The molecular formula is C36H61N5O7S3. The lowest BCUT2D eigenvalue weighted by molar-refractivity contribution is -0.143. The van der Waals surface area contributed by atoms with E-state index in [4.69, 9.17) is 0 Å². The second-order valence-corrected chi connectivity index (χ2v) is 22.3. The first-order valence-corrected chi connectivity index (χ1v) is 21.9. The Hall–Kier alpha value is -2.26. The number of nitrogens with zero attached hydrogens (tertiary/aromatic N) is 1. The van der Waals surface area contributed by atoms with Crippen molar-refractivity contribution in [2.24, 2.45) is 5.41 Å². The van der Waals surface area contributed by atoms with Gasteiger partial charge in [0.15, 0.2) is 9.84 Å². The number of unbranched alkanes of at least 4 members (excludes halogenated alkanes) is 1. The molecule has 15 heteroatoms. The lowest BCUT2D eigenvalue weighted by Gasteiger charge is -2.41. The molecule has 12 nitrogen and oxygen atoms in total. The van der Waals surface area contributed by atoms with Gasteiger partial charge in [0.25, 0.3) is 5.91 Å².